The second-order valence-electron chi connectivity index (χ2n) is 5.39. The fourth-order valence-electron chi connectivity index (χ4n) is 3.06. The van der Waals surface area contributed by atoms with E-state index in [9.17, 15) is 4.39 Å². The van der Waals surface area contributed by atoms with Crippen LogP contribution in [0, 0.1) is 5.82 Å². The van der Waals surface area contributed by atoms with E-state index in [2.05, 4.69) is 23.5 Å². The van der Waals surface area contributed by atoms with Crippen LogP contribution in [0.25, 0.3) is 0 Å². The fraction of sp³-hybridized carbons (Fsp3) is 0.438. The van der Waals surface area contributed by atoms with E-state index in [1.54, 1.807) is 12.1 Å². The molecule has 4 heteroatoms. The smallest absolute Gasteiger partial charge is 0.123 e. The Balaban J connectivity index is 1.88. The van der Waals surface area contributed by atoms with Crippen molar-refractivity contribution in [2.45, 2.75) is 31.7 Å². The average Bonchev–Trinajstić information content (AvgIpc) is 2.97. The van der Waals surface area contributed by atoms with Gasteiger partial charge in [-0.25, -0.2) is 4.39 Å². The second kappa shape index (κ2) is 5.75. The minimum atomic E-state index is -0.173. The van der Waals surface area contributed by atoms with E-state index in [0.29, 0.717) is 11.8 Å². The van der Waals surface area contributed by atoms with Crippen molar-refractivity contribution in [2.24, 2.45) is 0 Å². The summed E-state index contributed by atoms with van der Waals surface area (Å²) in [6.07, 6.45) is 5.22. The summed E-state index contributed by atoms with van der Waals surface area (Å²) in [5, 5.41) is 7.84. The monoisotopic (exact) mass is 273 g/mol. The molecule has 0 aliphatic carbocycles. The molecule has 2 aromatic rings. The number of benzene rings is 1. The average molecular weight is 273 g/mol. The lowest BCUT2D eigenvalue weighted by atomic mass is 9.78. The van der Waals surface area contributed by atoms with Crippen molar-refractivity contribution in [3.05, 3.63) is 53.6 Å². The summed E-state index contributed by atoms with van der Waals surface area (Å²) in [4.78, 5) is 0. The van der Waals surface area contributed by atoms with Crippen molar-refractivity contribution in [1.82, 2.24) is 15.1 Å². The van der Waals surface area contributed by atoms with Crippen LogP contribution in [0.2, 0.25) is 0 Å². The Bertz CT molecular complexity index is 561. The third-order valence-corrected chi connectivity index (χ3v) is 4.19. The van der Waals surface area contributed by atoms with Gasteiger partial charge in [-0.2, -0.15) is 5.10 Å². The van der Waals surface area contributed by atoms with E-state index in [1.807, 2.05) is 23.0 Å². The predicted octanol–water partition coefficient (Wildman–Crippen LogP) is 2.90. The van der Waals surface area contributed by atoms with Gasteiger partial charge in [0.15, 0.2) is 0 Å². The Morgan fingerprint density at radius 2 is 2.05 bits per heavy atom. The van der Waals surface area contributed by atoms with Crippen molar-refractivity contribution in [1.29, 1.82) is 0 Å². The number of rotatable bonds is 3. The van der Waals surface area contributed by atoms with Crippen LogP contribution in [0.4, 0.5) is 4.39 Å². The molecule has 0 bridgehead atoms. The van der Waals surface area contributed by atoms with Crippen LogP contribution >= 0.6 is 0 Å². The summed E-state index contributed by atoms with van der Waals surface area (Å²) in [6, 6.07) is 6.92. The largest absolute Gasteiger partial charge is 0.316 e. The first-order valence-electron chi connectivity index (χ1n) is 7.26. The molecule has 106 valence electrons. The summed E-state index contributed by atoms with van der Waals surface area (Å²) in [5.74, 6) is 0.675. The van der Waals surface area contributed by atoms with Gasteiger partial charge in [0.25, 0.3) is 0 Å². The van der Waals surface area contributed by atoms with Gasteiger partial charge in [-0.3, -0.25) is 4.68 Å². The lowest BCUT2D eigenvalue weighted by Crippen LogP contribution is -2.33. The Morgan fingerprint density at radius 3 is 2.75 bits per heavy atom. The highest BCUT2D eigenvalue weighted by Gasteiger charge is 2.28. The van der Waals surface area contributed by atoms with Gasteiger partial charge in [0.1, 0.15) is 5.82 Å². The number of hydrogen-bond acceptors (Lipinski definition) is 2. The van der Waals surface area contributed by atoms with Gasteiger partial charge in [-0.1, -0.05) is 12.1 Å². The molecule has 1 aromatic carbocycles. The van der Waals surface area contributed by atoms with Crippen molar-refractivity contribution >= 4 is 0 Å². The standard InChI is InChI=1S/C16H20FN3/c1-2-20-11-13(9-19-20)15-7-8-18-10-16(15)12-3-5-14(17)6-4-12/h3-6,9,11,15-16,18H,2,7-8,10H2,1H3. The first-order chi connectivity index (χ1) is 9.78. The molecule has 2 unspecified atom stereocenters. The molecule has 1 aromatic heterocycles. The molecule has 1 aliphatic rings. The van der Waals surface area contributed by atoms with E-state index in [-0.39, 0.29) is 5.82 Å². The van der Waals surface area contributed by atoms with E-state index in [0.717, 1.165) is 26.1 Å². The third-order valence-electron chi connectivity index (χ3n) is 4.19. The maximum absolute atomic E-state index is 13.1. The molecular formula is C16H20FN3. The van der Waals surface area contributed by atoms with Crippen LogP contribution in [0.5, 0.6) is 0 Å². The third kappa shape index (κ3) is 2.61. The van der Waals surface area contributed by atoms with Crippen molar-refractivity contribution in [2.75, 3.05) is 13.1 Å². The zero-order chi connectivity index (χ0) is 13.9. The van der Waals surface area contributed by atoms with Crippen LogP contribution in [0.1, 0.15) is 36.3 Å². The number of piperidine rings is 1. The lowest BCUT2D eigenvalue weighted by Gasteiger charge is -2.32. The Morgan fingerprint density at radius 1 is 1.25 bits per heavy atom. The van der Waals surface area contributed by atoms with E-state index in [4.69, 9.17) is 0 Å². The van der Waals surface area contributed by atoms with E-state index in [1.165, 1.54) is 11.1 Å². The summed E-state index contributed by atoms with van der Waals surface area (Å²) in [5.41, 5.74) is 2.50. The summed E-state index contributed by atoms with van der Waals surface area (Å²) in [6.45, 7) is 4.95. The maximum atomic E-state index is 13.1. The zero-order valence-corrected chi connectivity index (χ0v) is 11.7. The van der Waals surface area contributed by atoms with Gasteiger partial charge in [-0.05, 0) is 49.1 Å². The number of halogens is 1. The van der Waals surface area contributed by atoms with Gasteiger partial charge in [-0.15, -0.1) is 0 Å². The minimum Gasteiger partial charge on any atom is -0.316 e. The fourth-order valence-corrected chi connectivity index (χ4v) is 3.06. The second-order valence-corrected chi connectivity index (χ2v) is 5.39. The molecule has 0 spiro atoms. The van der Waals surface area contributed by atoms with E-state index >= 15 is 0 Å². The first-order valence-corrected chi connectivity index (χ1v) is 7.26. The molecule has 1 saturated heterocycles. The Kier molecular flexibility index (Phi) is 3.83. The van der Waals surface area contributed by atoms with Gasteiger partial charge in [0, 0.05) is 25.2 Å². The van der Waals surface area contributed by atoms with Crippen LogP contribution in [-0.2, 0) is 6.54 Å². The molecule has 3 nitrogen and oxygen atoms in total. The van der Waals surface area contributed by atoms with Crippen LogP contribution < -0.4 is 5.32 Å². The van der Waals surface area contributed by atoms with Crippen LogP contribution in [0.3, 0.4) is 0 Å². The molecule has 20 heavy (non-hydrogen) atoms. The van der Waals surface area contributed by atoms with Gasteiger partial charge in [0.05, 0.1) is 6.20 Å². The highest BCUT2D eigenvalue weighted by Crippen LogP contribution is 2.37. The summed E-state index contributed by atoms with van der Waals surface area (Å²) >= 11 is 0. The summed E-state index contributed by atoms with van der Waals surface area (Å²) < 4.78 is 15.1. The SMILES string of the molecule is CCn1cc(C2CCNCC2c2ccc(F)cc2)cn1. The van der Waals surface area contributed by atoms with Crippen molar-refractivity contribution < 1.29 is 4.39 Å². The quantitative estimate of drug-likeness (QED) is 0.932. The molecule has 1 fully saturated rings. The molecule has 0 saturated carbocycles. The molecule has 2 heterocycles. The van der Waals surface area contributed by atoms with Crippen molar-refractivity contribution in [3.8, 4) is 0 Å². The normalized spacial score (nSPS) is 22.9. The molecule has 0 amide bonds. The zero-order valence-electron chi connectivity index (χ0n) is 11.7. The maximum Gasteiger partial charge on any atom is 0.123 e. The number of nitrogens with zero attached hydrogens (tertiary/aromatic N) is 2. The predicted molar refractivity (Wildman–Crippen MR) is 77.3 cm³/mol. The minimum absolute atomic E-state index is 0.173. The molecular weight excluding hydrogens is 253 g/mol. The van der Waals surface area contributed by atoms with Gasteiger partial charge < -0.3 is 5.32 Å². The van der Waals surface area contributed by atoms with Crippen molar-refractivity contribution in [3.63, 3.8) is 0 Å². The summed E-state index contributed by atoms with van der Waals surface area (Å²) in [7, 11) is 0. The lowest BCUT2D eigenvalue weighted by molar-refractivity contribution is 0.403. The molecule has 3 rings (SSSR count). The van der Waals surface area contributed by atoms with Gasteiger partial charge >= 0.3 is 0 Å². The van der Waals surface area contributed by atoms with E-state index < -0.39 is 0 Å². The number of nitrogens with one attached hydrogen (secondary N) is 1. The topological polar surface area (TPSA) is 29.9 Å². The number of aromatic nitrogens is 2. The van der Waals surface area contributed by atoms with Gasteiger partial charge in [0.2, 0.25) is 0 Å². The number of hydrogen-bond donors (Lipinski definition) is 1. The highest BCUT2D eigenvalue weighted by molar-refractivity contribution is 5.28. The molecule has 1 N–H and O–H groups in total. The Labute approximate surface area is 118 Å². The molecule has 2 atom stereocenters. The molecule has 0 radical (unpaired) electrons. The van der Waals surface area contributed by atoms with Crippen LogP contribution in [0.15, 0.2) is 36.7 Å². The first kappa shape index (κ1) is 13.3. The Hall–Kier alpha value is -1.68. The van der Waals surface area contributed by atoms with Crippen LogP contribution in [-0.4, -0.2) is 22.9 Å². The molecule has 1 aliphatic heterocycles. The highest BCUT2D eigenvalue weighted by atomic mass is 19.1. The number of aryl methyl sites for hydroxylation is 1.